The molecule has 0 aliphatic rings. The Balaban J connectivity index is 2.41. The second-order valence-corrected chi connectivity index (χ2v) is 5.07. The number of carbonyl (C=O) groups excluding carboxylic acids is 1. The minimum Gasteiger partial charge on any atom is -0.364 e. The van der Waals surface area contributed by atoms with E-state index >= 15 is 0 Å². The van der Waals surface area contributed by atoms with E-state index in [1.165, 1.54) is 17.5 Å². The molecule has 0 fully saturated rings. The highest BCUT2D eigenvalue weighted by Crippen LogP contribution is 2.28. The second-order valence-electron chi connectivity index (χ2n) is 3.87. The predicted molar refractivity (Wildman–Crippen MR) is 72.3 cm³/mol. The van der Waals surface area contributed by atoms with Crippen LogP contribution in [0.3, 0.4) is 0 Å². The predicted octanol–water partition coefficient (Wildman–Crippen LogP) is 1.87. The summed E-state index contributed by atoms with van der Waals surface area (Å²) in [5, 5.41) is 13.2. The van der Waals surface area contributed by atoms with Gasteiger partial charge in [-0.25, -0.2) is 4.98 Å². The lowest BCUT2D eigenvalue weighted by molar-refractivity contribution is 0.0997. The number of nitrogens with zero attached hydrogens (tertiary/aromatic N) is 3. The first-order valence-corrected chi connectivity index (χ1v) is 6.24. The minimum absolute atomic E-state index is 0.198. The number of rotatable bonds is 3. The molecule has 96 valence electrons. The molecule has 0 saturated carbocycles. The smallest absolute Gasteiger partial charge is 0.270 e. The van der Waals surface area contributed by atoms with Gasteiger partial charge in [0.2, 0.25) is 0 Å². The van der Waals surface area contributed by atoms with Crippen LogP contribution in [0, 0.1) is 25.2 Å². The van der Waals surface area contributed by atoms with Gasteiger partial charge in [-0.2, -0.15) is 5.26 Å². The van der Waals surface area contributed by atoms with Gasteiger partial charge in [-0.3, -0.25) is 9.78 Å². The van der Waals surface area contributed by atoms with Crippen LogP contribution in [0.5, 0.6) is 0 Å². The zero-order valence-electron chi connectivity index (χ0n) is 10.4. The van der Waals surface area contributed by atoms with Crippen molar-refractivity contribution in [2.45, 2.75) is 13.8 Å². The van der Waals surface area contributed by atoms with Crippen LogP contribution >= 0.6 is 11.3 Å². The fraction of sp³-hybridized carbons (Fsp3) is 0.167. The molecule has 1 amide bonds. The van der Waals surface area contributed by atoms with E-state index in [0.717, 1.165) is 10.7 Å². The van der Waals surface area contributed by atoms with Crippen molar-refractivity contribution in [3.63, 3.8) is 0 Å². The highest BCUT2D eigenvalue weighted by molar-refractivity contribution is 7.16. The van der Waals surface area contributed by atoms with Gasteiger partial charge in [-0.05, 0) is 19.9 Å². The molecule has 2 aromatic rings. The minimum atomic E-state index is -0.589. The van der Waals surface area contributed by atoms with Crippen molar-refractivity contribution < 1.29 is 4.79 Å². The topological polar surface area (TPSA) is 105 Å². The molecule has 0 bridgehead atoms. The lowest BCUT2D eigenvalue weighted by atomic mass is 10.2. The summed E-state index contributed by atoms with van der Waals surface area (Å²) in [6, 6.07) is 3.69. The molecular weight excluding hydrogens is 262 g/mol. The summed E-state index contributed by atoms with van der Waals surface area (Å²) in [6.45, 7) is 3.60. The van der Waals surface area contributed by atoms with Crippen molar-refractivity contribution in [1.82, 2.24) is 9.97 Å². The van der Waals surface area contributed by atoms with Crippen LogP contribution in [-0.4, -0.2) is 15.9 Å². The molecule has 3 N–H and O–H groups in total. The summed E-state index contributed by atoms with van der Waals surface area (Å²) in [4.78, 5) is 19.5. The molecule has 2 rings (SSSR count). The van der Waals surface area contributed by atoms with Gasteiger partial charge in [0, 0.05) is 6.20 Å². The van der Waals surface area contributed by atoms with Crippen molar-refractivity contribution in [2.75, 3.05) is 5.32 Å². The number of nitrogens with two attached hydrogens (primary N) is 1. The lowest BCUT2D eigenvalue weighted by Crippen LogP contribution is -2.13. The number of thiazole rings is 1. The third kappa shape index (κ3) is 2.69. The number of anilines is 2. The number of pyridine rings is 1. The molecule has 0 radical (unpaired) electrons. The van der Waals surface area contributed by atoms with Crippen LogP contribution in [0.15, 0.2) is 12.3 Å². The van der Waals surface area contributed by atoms with E-state index in [1.807, 2.05) is 6.07 Å². The van der Waals surface area contributed by atoms with Crippen LogP contribution in [0.25, 0.3) is 0 Å². The molecule has 0 aromatic carbocycles. The Morgan fingerprint density at radius 3 is 2.89 bits per heavy atom. The van der Waals surface area contributed by atoms with Crippen molar-refractivity contribution in [3.05, 3.63) is 34.2 Å². The molecule has 19 heavy (non-hydrogen) atoms. The van der Waals surface area contributed by atoms with Gasteiger partial charge in [0.15, 0.2) is 5.69 Å². The van der Waals surface area contributed by atoms with E-state index in [4.69, 9.17) is 11.0 Å². The first-order valence-electron chi connectivity index (χ1n) is 5.42. The van der Waals surface area contributed by atoms with Gasteiger partial charge in [0.1, 0.15) is 11.1 Å². The van der Waals surface area contributed by atoms with E-state index in [-0.39, 0.29) is 5.69 Å². The van der Waals surface area contributed by atoms with Gasteiger partial charge in [-0.15, -0.1) is 11.3 Å². The molecule has 0 spiro atoms. The summed E-state index contributed by atoms with van der Waals surface area (Å²) in [5.41, 5.74) is 7.29. The van der Waals surface area contributed by atoms with Gasteiger partial charge in [0.05, 0.1) is 22.0 Å². The van der Waals surface area contributed by atoms with E-state index in [2.05, 4.69) is 15.3 Å². The first-order chi connectivity index (χ1) is 9.01. The zero-order valence-corrected chi connectivity index (χ0v) is 11.2. The summed E-state index contributed by atoms with van der Waals surface area (Å²) in [7, 11) is 0. The SMILES string of the molecule is Cc1nc(C(N)=O)c(Nc2cc(C#N)cnc2C)s1. The average Bonchev–Trinajstić information content (AvgIpc) is 2.73. The number of amides is 1. The Kier molecular flexibility index (Phi) is 3.44. The highest BCUT2D eigenvalue weighted by Gasteiger charge is 2.15. The maximum atomic E-state index is 11.3. The van der Waals surface area contributed by atoms with Crippen LogP contribution in [-0.2, 0) is 0 Å². The van der Waals surface area contributed by atoms with E-state index in [0.29, 0.717) is 16.3 Å². The number of nitriles is 1. The normalized spacial score (nSPS) is 9.95. The molecule has 0 atom stereocenters. The average molecular weight is 273 g/mol. The molecule has 0 unspecified atom stereocenters. The summed E-state index contributed by atoms with van der Waals surface area (Å²) >= 11 is 1.33. The maximum Gasteiger partial charge on any atom is 0.270 e. The molecule has 7 heteroatoms. The highest BCUT2D eigenvalue weighted by atomic mass is 32.1. The van der Waals surface area contributed by atoms with Gasteiger partial charge in [-0.1, -0.05) is 0 Å². The third-order valence-corrected chi connectivity index (χ3v) is 3.32. The van der Waals surface area contributed by atoms with Gasteiger partial charge in [0.25, 0.3) is 5.91 Å². The Morgan fingerprint density at radius 2 is 2.26 bits per heavy atom. The van der Waals surface area contributed by atoms with Crippen molar-refractivity contribution >= 4 is 27.9 Å². The van der Waals surface area contributed by atoms with Crippen molar-refractivity contribution in [1.29, 1.82) is 5.26 Å². The van der Waals surface area contributed by atoms with Crippen molar-refractivity contribution in [3.8, 4) is 6.07 Å². The van der Waals surface area contributed by atoms with Crippen LogP contribution < -0.4 is 11.1 Å². The largest absolute Gasteiger partial charge is 0.364 e. The van der Waals surface area contributed by atoms with Crippen LogP contribution in [0.4, 0.5) is 10.7 Å². The molecule has 2 aromatic heterocycles. The Labute approximate surface area is 113 Å². The number of primary amides is 1. The van der Waals surface area contributed by atoms with Gasteiger partial charge >= 0.3 is 0 Å². The number of aromatic nitrogens is 2. The Hall–Kier alpha value is -2.46. The number of hydrogen-bond acceptors (Lipinski definition) is 6. The van der Waals surface area contributed by atoms with E-state index in [9.17, 15) is 4.79 Å². The fourth-order valence-electron chi connectivity index (χ4n) is 1.52. The summed E-state index contributed by atoms with van der Waals surface area (Å²) in [6.07, 6.45) is 1.49. The lowest BCUT2D eigenvalue weighted by Gasteiger charge is -2.07. The summed E-state index contributed by atoms with van der Waals surface area (Å²) < 4.78 is 0. The Morgan fingerprint density at radius 1 is 1.53 bits per heavy atom. The monoisotopic (exact) mass is 273 g/mol. The molecule has 2 heterocycles. The zero-order chi connectivity index (χ0) is 14.0. The number of nitrogens with one attached hydrogen (secondary N) is 1. The number of hydrogen-bond donors (Lipinski definition) is 2. The standard InChI is InChI=1S/C12H11N5OS/c1-6-9(3-8(4-13)5-15-6)17-12-10(11(14)18)16-7(2)19-12/h3,5,17H,1-2H3,(H2,14,18). The van der Waals surface area contributed by atoms with E-state index in [1.54, 1.807) is 19.9 Å². The third-order valence-electron chi connectivity index (χ3n) is 2.43. The van der Waals surface area contributed by atoms with Crippen molar-refractivity contribution in [2.24, 2.45) is 5.73 Å². The fourth-order valence-corrected chi connectivity index (χ4v) is 2.36. The van der Waals surface area contributed by atoms with Crippen LogP contribution in [0.1, 0.15) is 26.8 Å². The molecule has 0 saturated heterocycles. The molecule has 0 aliphatic heterocycles. The first kappa shape index (κ1) is 13.0. The quantitative estimate of drug-likeness (QED) is 0.888. The van der Waals surface area contributed by atoms with Crippen LogP contribution in [0.2, 0.25) is 0 Å². The van der Waals surface area contributed by atoms with E-state index < -0.39 is 5.91 Å². The Bertz CT molecular complexity index is 686. The number of aryl methyl sites for hydroxylation is 2. The summed E-state index contributed by atoms with van der Waals surface area (Å²) in [5.74, 6) is -0.589. The second kappa shape index (κ2) is 5.04. The maximum absolute atomic E-state index is 11.3. The molecule has 0 aliphatic carbocycles. The number of carbonyl (C=O) groups is 1. The molecule has 6 nitrogen and oxygen atoms in total. The molecular formula is C12H11N5OS. The van der Waals surface area contributed by atoms with Gasteiger partial charge < -0.3 is 11.1 Å².